The molecule has 0 aromatic heterocycles. The molecule has 4 aliphatic carbocycles. The molecule has 4 saturated carbocycles. The molecule has 1 saturated heterocycles. The summed E-state index contributed by atoms with van der Waals surface area (Å²) in [5.74, 6) is 4.67. The maximum absolute atomic E-state index is 12.7. The van der Waals surface area contributed by atoms with E-state index in [4.69, 9.17) is 4.74 Å². The summed E-state index contributed by atoms with van der Waals surface area (Å²) < 4.78 is 5.28. The highest BCUT2D eigenvalue weighted by atomic mass is 32.2. The predicted molar refractivity (Wildman–Crippen MR) is 101 cm³/mol. The lowest BCUT2D eigenvalue weighted by Crippen LogP contribution is -2.51. The quantitative estimate of drug-likeness (QED) is 0.795. The summed E-state index contributed by atoms with van der Waals surface area (Å²) in [4.78, 5) is 14.9. The summed E-state index contributed by atoms with van der Waals surface area (Å²) in [5.41, 5.74) is 1.65. The maximum Gasteiger partial charge on any atom is 0.233 e. The number of rotatable bonds is 4. The molecule has 25 heavy (non-hydrogen) atoms. The third-order valence-corrected chi connectivity index (χ3v) is 8.30. The van der Waals surface area contributed by atoms with Crippen LogP contribution in [0.2, 0.25) is 0 Å². The Kier molecular flexibility index (Phi) is 3.81. The standard InChI is InChI=1S/C21H27NO2S/c1-24-18-4-2-17(3-5-18)20-22(19(23)12-25-20)13-21-9-14-6-15(10-21)8-16(7-14)11-21/h2-5,14-16,20H,6-13H2,1H3/t14?,15?,16?,20-,21?/m0/s1. The van der Waals surface area contributed by atoms with Crippen molar-refractivity contribution in [3.8, 4) is 5.75 Å². The first-order chi connectivity index (χ1) is 12.1. The molecule has 1 aromatic carbocycles. The van der Waals surface area contributed by atoms with E-state index in [1.54, 1.807) is 18.9 Å². The number of ether oxygens (including phenoxy) is 1. The molecule has 0 radical (unpaired) electrons. The first-order valence-electron chi connectivity index (χ1n) is 9.69. The average Bonchev–Trinajstić information content (AvgIpc) is 2.94. The number of hydrogen-bond donors (Lipinski definition) is 0. The molecule has 1 atom stereocenters. The van der Waals surface area contributed by atoms with Crippen LogP contribution in [0.3, 0.4) is 0 Å². The molecule has 0 unspecified atom stereocenters. The molecular formula is C21H27NO2S. The van der Waals surface area contributed by atoms with Crippen molar-refractivity contribution < 1.29 is 9.53 Å². The van der Waals surface area contributed by atoms with Crippen molar-refractivity contribution in [3.05, 3.63) is 29.8 Å². The van der Waals surface area contributed by atoms with Crippen LogP contribution in [0.4, 0.5) is 0 Å². The van der Waals surface area contributed by atoms with Gasteiger partial charge in [0.15, 0.2) is 0 Å². The minimum Gasteiger partial charge on any atom is -0.497 e. The van der Waals surface area contributed by atoms with Gasteiger partial charge in [0.05, 0.1) is 12.9 Å². The monoisotopic (exact) mass is 357 g/mol. The van der Waals surface area contributed by atoms with E-state index in [1.807, 2.05) is 12.1 Å². The minimum absolute atomic E-state index is 0.186. The Hall–Kier alpha value is -1.16. The van der Waals surface area contributed by atoms with Crippen LogP contribution in [0, 0.1) is 23.2 Å². The van der Waals surface area contributed by atoms with E-state index in [-0.39, 0.29) is 5.37 Å². The second kappa shape index (κ2) is 5.94. The van der Waals surface area contributed by atoms with Gasteiger partial charge >= 0.3 is 0 Å². The van der Waals surface area contributed by atoms with Crippen LogP contribution >= 0.6 is 11.8 Å². The topological polar surface area (TPSA) is 29.5 Å². The zero-order chi connectivity index (χ0) is 17.0. The van der Waals surface area contributed by atoms with Crippen LogP contribution in [0.15, 0.2) is 24.3 Å². The lowest BCUT2D eigenvalue weighted by atomic mass is 9.49. The molecule has 5 aliphatic rings. The van der Waals surface area contributed by atoms with E-state index in [9.17, 15) is 4.79 Å². The number of thioether (sulfide) groups is 1. The number of methoxy groups -OCH3 is 1. The van der Waals surface area contributed by atoms with Gasteiger partial charge in [-0.15, -0.1) is 11.8 Å². The Morgan fingerprint density at radius 1 is 1.08 bits per heavy atom. The molecule has 0 N–H and O–H groups in total. The second-order valence-electron chi connectivity index (χ2n) is 8.88. The summed E-state index contributed by atoms with van der Waals surface area (Å²) in [6.07, 6.45) is 8.48. The van der Waals surface area contributed by atoms with Gasteiger partial charge in [0, 0.05) is 6.54 Å². The summed E-state index contributed by atoms with van der Waals surface area (Å²) in [5, 5.41) is 0.186. The highest BCUT2D eigenvalue weighted by Gasteiger charge is 2.52. The number of amides is 1. The number of benzene rings is 1. The van der Waals surface area contributed by atoms with Crippen molar-refractivity contribution >= 4 is 17.7 Å². The van der Waals surface area contributed by atoms with Crippen LogP contribution in [0.5, 0.6) is 5.75 Å². The van der Waals surface area contributed by atoms with Crippen LogP contribution in [0.1, 0.15) is 49.5 Å². The normalized spacial score (nSPS) is 39.2. The fourth-order valence-electron chi connectivity index (χ4n) is 6.51. The molecule has 0 spiro atoms. The smallest absolute Gasteiger partial charge is 0.233 e. The molecule has 6 rings (SSSR count). The molecule has 3 nitrogen and oxygen atoms in total. The summed E-state index contributed by atoms with van der Waals surface area (Å²) in [6, 6.07) is 8.28. The van der Waals surface area contributed by atoms with Gasteiger partial charge in [0.2, 0.25) is 5.91 Å². The molecule has 134 valence electrons. The molecule has 1 aliphatic heterocycles. The van der Waals surface area contributed by atoms with E-state index in [2.05, 4.69) is 17.0 Å². The van der Waals surface area contributed by atoms with Gasteiger partial charge in [0.1, 0.15) is 11.1 Å². The lowest BCUT2D eigenvalue weighted by Gasteiger charge is -2.58. The van der Waals surface area contributed by atoms with E-state index in [0.717, 1.165) is 30.0 Å². The largest absolute Gasteiger partial charge is 0.497 e. The van der Waals surface area contributed by atoms with Crippen LogP contribution in [0.25, 0.3) is 0 Å². The number of carbonyl (C=O) groups excluding carboxylic acids is 1. The number of nitrogens with zero attached hydrogens (tertiary/aromatic N) is 1. The van der Waals surface area contributed by atoms with Gasteiger partial charge in [-0.3, -0.25) is 4.79 Å². The van der Waals surface area contributed by atoms with Gasteiger partial charge in [-0.05, 0) is 79.4 Å². The Balaban J connectivity index is 1.38. The Labute approximate surface area is 154 Å². The van der Waals surface area contributed by atoms with Crippen LogP contribution < -0.4 is 4.74 Å². The van der Waals surface area contributed by atoms with Gasteiger partial charge < -0.3 is 9.64 Å². The molecule has 1 amide bonds. The van der Waals surface area contributed by atoms with Crippen molar-refractivity contribution in [1.82, 2.24) is 4.90 Å². The third kappa shape index (κ3) is 2.77. The molecule has 1 heterocycles. The maximum atomic E-state index is 12.7. The van der Waals surface area contributed by atoms with Gasteiger partial charge in [-0.1, -0.05) is 12.1 Å². The first kappa shape index (κ1) is 16.0. The fraction of sp³-hybridized carbons (Fsp3) is 0.667. The Bertz CT molecular complexity index is 636. The lowest BCUT2D eigenvalue weighted by molar-refractivity contribution is -0.134. The van der Waals surface area contributed by atoms with Crippen molar-refractivity contribution in [3.63, 3.8) is 0 Å². The zero-order valence-electron chi connectivity index (χ0n) is 14.9. The molecule has 1 aromatic rings. The second-order valence-corrected chi connectivity index (χ2v) is 9.94. The van der Waals surface area contributed by atoms with E-state index >= 15 is 0 Å². The Morgan fingerprint density at radius 3 is 2.24 bits per heavy atom. The molecule has 4 bridgehead atoms. The van der Waals surface area contributed by atoms with E-state index in [1.165, 1.54) is 44.1 Å². The number of hydrogen-bond acceptors (Lipinski definition) is 3. The predicted octanol–water partition coefficient (Wildman–Crippen LogP) is 4.49. The summed E-state index contributed by atoms with van der Waals surface area (Å²) in [6.45, 7) is 0.985. The highest BCUT2D eigenvalue weighted by molar-refractivity contribution is 8.00. The van der Waals surface area contributed by atoms with Gasteiger partial charge in [-0.25, -0.2) is 0 Å². The SMILES string of the molecule is COc1ccc([C@@H]2SCC(=O)N2CC23CC4CC(CC(C4)C2)C3)cc1. The fourth-order valence-corrected chi connectivity index (χ4v) is 7.70. The highest BCUT2D eigenvalue weighted by Crippen LogP contribution is 2.61. The van der Waals surface area contributed by atoms with Gasteiger partial charge in [-0.2, -0.15) is 0 Å². The van der Waals surface area contributed by atoms with Crippen LogP contribution in [-0.2, 0) is 4.79 Å². The van der Waals surface area contributed by atoms with Crippen LogP contribution in [-0.4, -0.2) is 30.2 Å². The Morgan fingerprint density at radius 2 is 1.68 bits per heavy atom. The van der Waals surface area contributed by atoms with Crippen molar-refractivity contribution in [2.24, 2.45) is 23.2 Å². The molecular weight excluding hydrogens is 330 g/mol. The minimum atomic E-state index is 0.186. The van der Waals surface area contributed by atoms with Gasteiger partial charge in [0.25, 0.3) is 0 Å². The van der Waals surface area contributed by atoms with E-state index < -0.39 is 0 Å². The molecule has 4 heteroatoms. The number of carbonyl (C=O) groups is 1. The summed E-state index contributed by atoms with van der Waals surface area (Å²) in [7, 11) is 1.70. The average molecular weight is 358 g/mol. The first-order valence-corrected chi connectivity index (χ1v) is 10.7. The zero-order valence-corrected chi connectivity index (χ0v) is 15.8. The summed E-state index contributed by atoms with van der Waals surface area (Å²) >= 11 is 1.79. The van der Waals surface area contributed by atoms with Crippen molar-refractivity contribution in [1.29, 1.82) is 0 Å². The third-order valence-electron chi connectivity index (χ3n) is 7.04. The van der Waals surface area contributed by atoms with E-state index in [0.29, 0.717) is 17.1 Å². The molecule has 5 fully saturated rings. The van der Waals surface area contributed by atoms with Crippen molar-refractivity contribution in [2.45, 2.75) is 43.9 Å². The van der Waals surface area contributed by atoms with Crippen molar-refractivity contribution in [2.75, 3.05) is 19.4 Å².